The molecule has 0 heterocycles. The van der Waals surface area contributed by atoms with Crippen molar-refractivity contribution < 1.29 is 26.7 Å². The fraction of sp³-hybridized carbons (Fsp3) is 0.481. The summed E-state index contributed by atoms with van der Waals surface area (Å²) in [5.41, 5.74) is 3.35. The predicted molar refractivity (Wildman–Crippen MR) is 117 cm³/mol. The minimum atomic E-state index is -5.17. The van der Waals surface area contributed by atoms with Crippen LogP contribution in [0.1, 0.15) is 80.0 Å². The van der Waals surface area contributed by atoms with Gasteiger partial charge in [0.1, 0.15) is 0 Å². The Labute approximate surface area is 191 Å². The Kier molecular flexibility index (Phi) is 6.97. The molecule has 1 saturated carbocycles. The lowest BCUT2D eigenvalue weighted by atomic mass is 9.64. The second kappa shape index (κ2) is 9.75. The van der Waals surface area contributed by atoms with Crippen molar-refractivity contribution in [2.45, 2.75) is 70.6 Å². The van der Waals surface area contributed by atoms with Crippen molar-refractivity contribution in [1.29, 1.82) is 0 Å². The van der Waals surface area contributed by atoms with E-state index in [2.05, 4.69) is 29.6 Å². The molecule has 0 spiro atoms. The minimum Gasteiger partial charge on any atom is -0.399 e. The monoisotopic (exact) mass is 462 g/mol. The van der Waals surface area contributed by atoms with Crippen molar-refractivity contribution in [3.63, 3.8) is 0 Å². The Bertz CT molecular complexity index is 1040. The van der Waals surface area contributed by atoms with Crippen LogP contribution in [0, 0.1) is 35.3 Å². The van der Waals surface area contributed by atoms with E-state index in [1.54, 1.807) is 0 Å². The Morgan fingerprint density at radius 3 is 2.39 bits per heavy atom. The highest BCUT2D eigenvalue weighted by Crippen LogP contribution is 2.48. The third-order valence-electron chi connectivity index (χ3n) is 6.95. The Balaban J connectivity index is 1.49. The van der Waals surface area contributed by atoms with Crippen molar-refractivity contribution in [2.75, 3.05) is 0 Å². The number of ether oxygens (including phenoxy) is 1. The molecule has 2 aliphatic carbocycles. The average molecular weight is 463 g/mol. The first-order chi connectivity index (χ1) is 15.7. The summed E-state index contributed by atoms with van der Waals surface area (Å²) in [6.45, 7) is 2.24. The SMILES string of the molecule is CCCC[C@@H]1CC[C@@H]2c3ccc(C#Cc4cc(F)c(OC(F)(F)F)c(F)c4)cc3CC[C@@H]2C1. The molecule has 2 aromatic rings. The molecular formula is C27H27F5O. The summed E-state index contributed by atoms with van der Waals surface area (Å²) >= 11 is 0. The molecule has 2 aliphatic rings. The first-order valence-corrected chi connectivity index (χ1v) is 11.6. The predicted octanol–water partition coefficient (Wildman–Crippen LogP) is 7.90. The van der Waals surface area contributed by atoms with Crippen LogP contribution in [0.3, 0.4) is 0 Å². The van der Waals surface area contributed by atoms with Crippen LogP contribution >= 0.6 is 0 Å². The van der Waals surface area contributed by atoms with Gasteiger partial charge < -0.3 is 4.74 Å². The Morgan fingerprint density at radius 2 is 1.70 bits per heavy atom. The van der Waals surface area contributed by atoms with Gasteiger partial charge >= 0.3 is 6.36 Å². The van der Waals surface area contributed by atoms with Crippen LogP contribution in [0.4, 0.5) is 22.0 Å². The summed E-state index contributed by atoms with van der Waals surface area (Å²) < 4.78 is 68.1. The second-order valence-corrected chi connectivity index (χ2v) is 9.21. The number of aryl methyl sites for hydroxylation is 1. The number of halogens is 5. The third-order valence-corrected chi connectivity index (χ3v) is 6.95. The molecule has 3 atom stereocenters. The van der Waals surface area contributed by atoms with E-state index >= 15 is 0 Å². The van der Waals surface area contributed by atoms with Gasteiger partial charge in [-0.15, -0.1) is 13.2 Å². The molecule has 0 bridgehead atoms. The smallest absolute Gasteiger partial charge is 0.399 e. The lowest BCUT2D eigenvalue weighted by Crippen LogP contribution is -2.28. The van der Waals surface area contributed by atoms with Crippen molar-refractivity contribution in [2.24, 2.45) is 11.8 Å². The highest BCUT2D eigenvalue weighted by Gasteiger charge is 2.35. The van der Waals surface area contributed by atoms with Gasteiger partial charge in [0.2, 0.25) is 5.75 Å². The average Bonchev–Trinajstić information content (AvgIpc) is 2.77. The van der Waals surface area contributed by atoms with Crippen molar-refractivity contribution in [3.05, 3.63) is 64.2 Å². The lowest BCUT2D eigenvalue weighted by molar-refractivity contribution is -0.276. The molecule has 0 aliphatic heterocycles. The summed E-state index contributed by atoms with van der Waals surface area (Å²) in [5.74, 6) is 3.38. The van der Waals surface area contributed by atoms with Gasteiger partial charge in [-0.1, -0.05) is 44.1 Å². The summed E-state index contributed by atoms with van der Waals surface area (Å²) in [5, 5.41) is 0. The van der Waals surface area contributed by atoms with Gasteiger partial charge in [0.15, 0.2) is 11.6 Å². The quantitative estimate of drug-likeness (QED) is 0.331. The molecule has 0 saturated heterocycles. The summed E-state index contributed by atoms with van der Waals surface area (Å²) in [6, 6.07) is 7.58. The van der Waals surface area contributed by atoms with Gasteiger partial charge in [-0.2, -0.15) is 0 Å². The number of hydrogen-bond acceptors (Lipinski definition) is 1. The first-order valence-electron chi connectivity index (χ1n) is 11.6. The number of fused-ring (bicyclic) bond motifs is 3. The van der Waals surface area contributed by atoms with E-state index in [0.717, 1.165) is 36.0 Å². The van der Waals surface area contributed by atoms with Crippen LogP contribution in [0.25, 0.3) is 0 Å². The second-order valence-electron chi connectivity index (χ2n) is 9.21. The topological polar surface area (TPSA) is 9.23 Å². The minimum absolute atomic E-state index is 0.0530. The Morgan fingerprint density at radius 1 is 0.970 bits per heavy atom. The van der Waals surface area contributed by atoms with Crippen LogP contribution < -0.4 is 4.74 Å². The van der Waals surface area contributed by atoms with Gasteiger partial charge in [-0.3, -0.25) is 0 Å². The first kappa shape index (κ1) is 23.6. The molecule has 2 aromatic carbocycles. The van der Waals surface area contributed by atoms with Gasteiger partial charge in [-0.25, -0.2) is 8.78 Å². The molecule has 0 amide bonds. The normalized spacial score (nSPS) is 22.1. The largest absolute Gasteiger partial charge is 0.573 e. The van der Waals surface area contributed by atoms with Gasteiger partial charge in [0.05, 0.1) is 0 Å². The summed E-state index contributed by atoms with van der Waals surface area (Å²) in [7, 11) is 0. The maximum atomic E-state index is 13.9. The number of rotatable bonds is 4. The maximum absolute atomic E-state index is 13.9. The summed E-state index contributed by atoms with van der Waals surface area (Å²) in [6.07, 6.45) is 4.73. The van der Waals surface area contributed by atoms with E-state index in [1.165, 1.54) is 56.1 Å². The van der Waals surface area contributed by atoms with Gasteiger partial charge in [0, 0.05) is 11.1 Å². The molecule has 0 aromatic heterocycles. The number of benzene rings is 2. The van der Waals surface area contributed by atoms with E-state index in [1.807, 2.05) is 12.1 Å². The fourth-order valence-electron chi connectivity index (χ4n) is 5.44. The highest BCUT2D eigenvalue weighted by atomic mass is 19.4. The third kappa shape index (κ3) is 5.69. The molecule has 0 unspecified atom stereocenters. The van der Waals surface area contributed by atoms with Crippen molar-refractivity contribution in [3.8, 4) is 17.6 Å². The highest BCUT2D eigenvalue weighted by molar-refractivity contribution is 5.48. The number of alkyl halides is 3. The molecule has 6 heteroatoms. The zero-order chi connectivity index (χ0) is 23.6. The fourth-order valence-corrected chi connectivity index (χ4v) is 5.44. The standard InChI is InChI=1S/C27H27F5O/c1-2-3-4-17-7-11-22-20(13-17)9-10-21-14-18(8-12-23(21)22)5-6-19-15-24(28)26(25(29)16-19)33-27(30,31)32/h8,12,14-17,20,22H,2-4,7,9-11,13H2,1H3/t17-,20-,22+/m1/s1. The van der Waals surface area contributed by atoms with E-state index in [0.29, 0.717) is 5.92 Å². The summed E-state index contributed by atoms with van der Waals surface area (Å²) in [4.78, 5) is 0. The molecular weight excluding hydrogens is 435 g/mol. The zero-order valence-electron chi connectivity index (χ0n) is 18.6. The molecule has 0 N–H and O–H groups in total. The van der Waals surface area contributed by atoms with Crippen LogP contribution in [0.2, 0.25) is 0 Å². The molecule has 33 heavy (non-hydrogen) atoms. The van der Waals surface area contributed by atoms with E-state index in [9.17, 15) is 22.0 Å². The van der Waals surface area contributed by atoms with E-state index in [4.69, 9.17) is 0 Å². The lowest BCUT2D eigenvalue weighted by Gasteiger charge is -2.40. The zero-order valence-corrected chi connectivity index (χ0v) is 18.6. The molecule has 0 radical (unpaired) electrons. The molecule has 1 nitrogen and oxygen atoms in total. The van der Waals surface area contributed by atoms with Crippen LogP contribution in [0.15, 0.2) is 30.3 Å². The van der Waals surface area contributed by atoms with Crippen LogP contribution in [-0.4, -0.2) is 6.36 Å². The molecule has 1 fully saturated rings. The van der Waals surface area contributed by atoms with Crippen LogP contribution in [-0.2, 0) is 6.42 Å². The Hall–Kier alpha value is -2.55. The van der Waals surface area contributed by atoms with Gasteiger partial charge in [-0.05, 0) is 85.3 Å². The van der Waals surface area contributed by atoms with E-state index < -0.39 is 23.7 Å². The van der Waals surface area contributed by atoms with Crippen LogP contribution in [0.5, 0.6) is 5.75 Å². The molecule has 4 rings (SSSR count). The maximum Gasteiger partial charge on any atom is 0.573 e. The number of hydrogen-bond donors (Lipinski definition) is 0. The van der Waals surface area contributed by atoms with Crippen molar-refractivity contribution in [1.82, 2.24) is 0 Å². The van der Waals surface area contributed by atoms with Crippen molar-refractivity contribution >= 4 is 0 Å². The number of unbranched alkanes of at least 4 members (excludes halogenated alkanes) is 1. The van der Waals surface area contributed by atoms with Gasteiger partial charge in [0.25, 0.3) is 0 Å². The van der Waals surface area contributed by atoms with E-state index in [-0.39, 0.29) is 5.56 Å². The molecule has 176 valence electrons.